The van der Waals surface area contributed by atoms with Gasteiger partial charge in [0.2, 0.25) is 0 Å². The molecule has 0 saturated heterocycles. The number of ether oxygens (including phenoxy) is 1. The average molecular weight is 253 g/mol. The predicted octanol–water partition coefficient (Wildman–Crippen LogP) is 3.12. The van der Waals surface area contributed by atoms with Gasteiger partial charge < -0.3 is 10.1 Å². The minimum Gasteiger partial charge on any atom is -0.370 e. The van der Waals surface area contributed by atoms with Gasteiger partial charge in [0, 0.05) is 6.04 Å². The Morgan fingerprint density at radius 2 is 1.94 bits per heavy atom. The molecule has 0 amide bonds. The molecule has 17 heavy (non-hydrogen) atoms. The first-order chi connectivity index (χ1) is 8.01. The van der Waals surface area contributed by atoms with Crippen LogP contribution in [0.3, 0.4) is 0 Å². The van der Waals surface area contributed by atoms with E-state index in [1.807, 2.05) is 6.92 Å². The van der Waals surface area contributed by atoms with Crippen LogP contribution >= 0.6 is 0 Å². The van der Waals surface area contributed by atoms with E-state index in [-0.39, 0.29) is 12.6 Å². The lowest BCUT2D eigenvalue weighted by atomic mass is 9.99. The molecule has 1 aliphatic carbocycles. The summed E-state index contributed by atoms with van der Waals surface area (Å²) in [7, 11) is 0. The van der Waals surface area contributed by atoms with Crippen molar-refractivity contribution in [3.63, 3.8) is 0 Å². The standard InChI is InChI=1S/C12H22F3NO/c1-2-16-11(7-10-5-3-4-6-10)8-17-9-12(13,14)15/h10-11,16H,2-9H2,1H3. The average Bonchev–Trinajstić information content (AvgIpc) is 2.68. The third-order valence-corrected chi connectivity index (χ3v) is 3.17. The van der Waals surface area contributed by atoms with Gasteiger partial charge in [-0.3, -0.25) is 0 Å². The Kier molecular flexibility index (Phi) is 6.27. The summed E-state index contributed by atoms with van der Waals surface area (Å²) in [5.74, 6) is 0.661. The van der Waals surface area contributed by atoms with Crippen LogP contribution in [0.2, 0.25) is 0 Å². The monoisotopic (exact) mass is 253 g/mol. The zero-order valence-electron chi connectivity index (χ0n) is 10.4. The van der Waals surface area contributed by atoms with Crippen LogP contribution in [0, 0.1) is 5.92 Å². The van der Waals surface area contributed by atoms with E-state index in [0.717, 1.165) is 13.0 Å². The van der Waals surface area contributed by atoms with Crippen LogP contribution in [0.4, 0.5) is 13.2 Å². The minimum absolute atomic E-state index is 0.0606. The van der Waals surface area contributed by atoms with Crippen molar-refractivity contribution in [2.45, 2.75) is 51.2 Å². The second-order valence-corrected chi connectivity index (χ2v) is 4.77. The first-order valence-corrected chi connectivity index (χ1v) is 6.39. The number of nitrogens with one attached hydrogen (secondary N) is 1. The number of likely N-dealkylation sites (N-methyl/N-ethyl adjacent to an activating group) is 1. The third-order valence-electron chi connectivity index (χ3n) is 3.17. The molecule has 1 rings (SSSR count). The molecular weight excluding hydrogens is 231 g/mol. The molecule has 1 N–H and O–H groups in total. The van der Waals surface area contributed by atoms with Gasteiger partial charge in [-0.05, 0) is 18.9 Å². The highest BCUT2D eigenvalue weighted by molar-refractivity contribution is 4.75. The highest BCUT2D eigenvalue weighted by Gasteiger charge is 2.28. The van der Waals surface area contributed by atoms with Crippen LogP contribution in [0.15, 0.2) is 0 Å². The maximum absolute atomic E-state index is 12.0. The molecule has 1 atom stereocenters. The van der Waals surface area contributed by atoms with Crippen molar-refractivity contribution in [1.29, 1.82) is 0 Å². The molecule has 0 aromatic heterocycles. The van der Waals surface area contributed by atoms with E-state index in [2.05, 4.69) is 5.32 Å². The van der Waals surface area contributed by atoms with Gasteiger partial charge in [-0.1, -0.05) is 32.6 Å². The molecule has 0 heterocycles. The Morgan fingerprint density at radius 3 is 2.47 bits per heavy atom. The second kappa shape index (κ2) is 7.21. The molecule has 0 aromatic carbocycles. The fourth-order valence-electron chi connectivity index (χ4n) is 2.46. The van der Waals surface area contributed by atoms with Crippen molar-refractivity contribution in [3.05, 3.63) is 0 Å². The number of hydrogen-bond acceptors (Lipinski definition) is 2. The minimum atomic E-state index is -4.22. The normalized spacial score (nSPS) is 19.8. The van der Waals surface area contributed by atoms with Gasteiger partial charge >= 0.3 is 6.18 Å². The largest absolute Gasteiger partial charge is 0.411 e. The summed E-state index contributed by atoms with van der Waals surface area (Å²) < 4.78 is 40.6. The van der Waals surface area contributed by atoms with Gasteiger partial charge in [0.05, 0.1) is 6.61 Å². The fraction of sp³-hybridized carbons (Fsp3) is 1.00. The van der Waals surface area contributed by atoms with Crippen LogP contribution in [0.1, 0.15) is 39.0 Å². The Bertz CT molecular complexity index is 202. The smallest absolute Gasteiger partial charge is 0.370 e. The highest BCUT2D eigenvalue weighted by Crippen LogP contribution is 2.28. The molecule has 102 valence electrons. The van der Waals surface area contributed by atoms with Gasteiger partial charge in [-0.15, -0.1) is 0 Å². The summed E-state index contributed by atoms with van der Waals surface area (Å²) in [4.78, 5) is 0. The molecule has 0 aliphatic heterocycles. The van der Waals surface area contributed by atoms with Crippen LogP contribution < -0.4 is 5.32 Å². The molecule has 0 bridgehead atoms. The molecule has 1 aliphatic rings. The summed E-state index contributed by atoms with van der Waals surface area (Å²) in [6.07, 6.45) is 1.65. The van der Waals surface area contributed by atoms with E-state index in [1.54, 1.807) is 0 Å². The molecular formula is C12H22F3NO. The van der Waals surface area contributed by atoms with Crippen molar-refractivity contribution >= 4 is 0 Å². The molecule has 0 aromatic rings. The van der Waals surface area contributed by atoms with Crippen molar-refractivity contribution in [2.24, 2.45) is 5.92 Å². The summed E-state index contributed by atoms with van der Waals surface area (Å²) in [6, 6.07) is 0.0606. The Hall–Kier alpha value is -0.290. The number of alkyl halides is 3. The van der Waals surface area contributed by atoms with E-state index in [1.165, 1.54) is 25.7 Å². The van der Waals surface area contributed by atoms with Crippen molar-refractivity contribution < 1.29 is 17.9 Å². The quantitative estimate of drug-likeness (QED) is 0.752. The molecule has 1 unspecified atom stereocenters. The SMILES string of the molecule is CCNC(COCC(F)(F)F)CC1CCCC1. The predicted molar refractivity (Wildman–Crippen MR) is 60.9 cm³/mol. The molecule has 0 spiro atoms. The van der Waals surface area contributed by atoms with Crippen molar-refractivity contribution in [3.8, 4) is 0 Å². The van der Waals surface area contributed by atoms with E-state index < -0.39 is 12.8 Å². The fourth-order valence-corrected chi connectivity index (χ4v) is 2.46. The van der Waals surface area contributed by atoms with Crippen molar-refractivity contribution in [1.82, 2.24) is 5.32 Å². The third kappa shape index (κ3) is 6.88. The van der Waals surface area contributed by atoms with E-state index in [4.69, 9.17) is 4.74 Å². The first-order valence-electron chi connectivity index (χ1n) is 6.39. The molecule has 5 heteroatoms. The maximum atomic E-state index is 12.0. The number of halogens is 3. The zero-order chi connectivity index (χ0) is 12.7. The molecule has 1 saturated carbocycles. The van der Waals surface area contributed by atoms with Crippen LogP contribution in [0.5, 0.6) is 0 Å². The van der Waals surface area contributed by atoms with Gasteiger partial charge in [0.25, 0.3) is 0 Å². The molecule has 0 radical (unpaired) electrons. The summed E-state index contributed by atoms with van der Waals surface area (Å²) in [5, 5.41) is 3.20. The number of hydrogen-bond donors (Lipinski definition) is 1. The molecule has 1 fully saturated rings. The van der Waals surface area contributed by atoms with Crippen molar-refractivity contribution in [2.75, 3.05) is 19.8 Å². The lowest BCUT2D eigenvalue weighted by Crippen LogP contribution is -2.36. The van der Waals surface area contributed by atoms with Crippen LogP contribution in [-0.4, -0.2) is 32.0 Å². The van der Waals surface area contributed by atoms with Gasteiger partial charge in [-0.25, -0.2) is 0 Å². The Balaban J connectivity index is 2.22. The van der Waals surface area contributed by atoms with E-state index >= 15 is 0 Å². The van der Waals surface area contributed by atoms with E-state index in [9.17, 15) is 13.2 Å². The zero-order valence-corrected chi connectivity index (χ0v) is 10.4. The lowest BCUT2D eigenvalue weighted by molar-refractivity contribution is -0.175. The highest BCUT2D eigenvalue weighted by atomic mass is 19.4. The molecule has 2 nitrogen and oxygen atoms in total. The summed E-state index contributed by atoms with van der Waals surface area (Å²) in [6.45, 7) is 1.75. The second-order valence-electron chi connectivity index (χ2n) is 4.77. The van der Waals surface area contributed by atoms with Gasteiger partial charge in [-0.2, -0.15) is 13.2 Å². The summed E-state index contributed by atoms with van der Waals surface area (Å²) in [5.41, 5.74) is 0. The Morgan fingerprint density at radius 1 is 1.29 bits per heavy atom. The van der Waals surface area contributed by atoms with E-state index in [0.29, 0.717) is 5.92 Å². The van der Waals surface area contributed by atoms with Crippen LogP contribution in [0.25, 0.3) is 0 Å². The van der Waals surface area contributed by atoms with Gasteiger partial charge in [0.15, 0.2) is 0 Å². The topological polar surface area (TPSA) is 21.3 Å². The number of rotatable bonds is 7. The maximum Gasteiger partial charge on any atom is 0.411 e. The van der Waals surface area contributed by atoms with Gasteiger partial charge in [0.1, 0.15) is 6.61 Å². The Labute approximate surface area is 101 Å². The van der Waals surface area contributed by atoms with Crippen LogP contribution in [-0.2, 0) is 4.74 Å². The lowest BCUT2D eigenvalue weighted by Gasteiger charge is -2.21. The first kappa shape index (κ1) is 14.8. The summed E-state index contributed by atoms with van der Waals surface area (Å²) >= 11 is 0.